The summed E-state index contributed by atoms with van der Waals surface area (Å²) in [6.45, 7) is 6.12. The summed E-state index contributed by atoms with van der Waals surface area (Å²) in [6, 6.07) is 8.09. The molecule has 1 N–H and O–H groups in total. The number of ether oxygens (including phenoxy) is 1. The van der Waals surface area contributed by atoms with Crippen LogP contribution in [-0.4, -0.2) is 44.1 Å². The summed E-state index contributed by atoms with van der Waals surface area (Å²) in [7, 11) is -3.53. The maximum absolute atomic E-state index is 12.3. The van der Waals surface area contributed by atoms with Crippen LogP contribution in [0.1, 0.15) is 38.3 Å². The van der Waals surface area contributed by atoms with Crippen LogP contribution < -0.4 is 4.72 Å². The molecule has 0 aromatic heterocycles. The third-order valence-electron chi connectivity index (χ3n) is 3.63. The fourth-order valence-corrected chi connectivity index (χ4v) is 3.95. The first-order valence-corrected chi connectivity index (χ1v) is 9.70. The lowest BCUT2D eigenvalue weighted by molar-refractivity contribution is 0.0292. The highest BCUT2D eigenvalue weighted by molar-refractivity contribution is 7.88. The molecule has 1 saturated heterocycles. The van der Waals surface area contributed by atoms with E-state index in [1.54, 1.807) is 45.0 Å². The molecule has 1 atom stereocenters. The summed E-state index contributed by atoms with van der Waals surface area (Å²) < 4.78 is 32.5. The lowest BCUT2D eigenvalue weighted by atomic mass is 10.2. The van der Waals surface area contributed by atoms with Crippen LogP contribution in [0.3, 0.4) is 0 Å². The van der Waals surface area contributed by atoms with Crippen LogP contribution >= 0.6 is 0 Å². The average Bonchev–Trinajstić information content (AvgIpc) is 2.93. The minimum absolute atomic E-state index is 0.165. The quantitative estimate of drug-likeness (QED) is 0.879. The molecule has 0 saturated carbocycles. The molecule has 7 nitrogen and oxygen atoms in total. The molecule has 1 aromatic carbocycles. The van der Waals surface area contributed by atoms with E-state index < -0.39 is 21.7 Å². The van der Waals surface area contributed by atoms with Crippen molar-refractivity contribution in [3.63, 3.8) is 0 Å². The largest absolute Gasteiger partial charge is 0.444 e. The summed E-state index contributed by atoms with van der Waals surface area (Å²) in [5.74, 6) is -0.165. The van der Waals surface area contributed by atoms with Gasteiger partial charge >= 0.3 is 6.09 Å². The summed E-state index contributed by atoms with van der Waals surface area (Å²) in [4.78, 5) is 13.5. The minimum Gasteiger partial charge on any atom is -0.444 e. The number of nitrogens with one attached hydrogen (secondary N) is 1. The van der Waals surface area contributed by atoms with Gasteiger partial charge in [0.2, 0.25) is 10.0 Å². The zero-order valence-electron chi connectivity index (χ0n) is 14.7. The highest BCUT2D eigenvalue weighted by Gasteiger charge is 2.31. The van der Waals surface area contributed by atoms with Crippen LogP contribution in [0.4, 0.5) is 4.79 Å². The van der Waals surface area contributed by atoms with Gasteiger partial charge in [-0.2, -0.15) is 5.26 Å². The lowest BCUT2D eigenvalue weighted by Gasteiger charge is -2.24. The van der Waals surface area contributed by atoms with Gasteiger partial charge in [0.1, 0.15) is 5.60 Å². The van der Waals surface area contributed by atoms with Gasteiger partial charge < -0.3 is 9.64 Å². The smallest absolute Gasteiger partial charge is 0.410 e. The van der Waals surface area contributed by atoms with Crippen molar-refractivity contribution in [2.24, 2.45) is 0 Å². The van der Waals surface area contributed by atoms with Gasteiger partial charge in [-0.1, -0.05) is 12.1 Å². The molecule has 0 radical (unpaired) electrons. The predicted octanol–water partition coefficient (Wildman–Crippen LogP) is 1.99. The van der Waals surface area contributed by atoms with E-state index in [0.717, 1.165) is 0 Å². The van der Waals surface area contributed by atoms with Crippen LogP contribution in [0, 0.1) is 11.3 Å². The number of nitriles is 1. The van der Waals surface area contributed by atoms with Crippen LogP contribution in [0.15, 0.2) is 24.3 Å². The maximum atomic E-state index is 12.3. The van der Waals surface area contributed by atoms with E-state index in [2.05, 4.69) is 4.72 Å². The van der Waals surface area contributed by atoms with E-state index in [-0.39, 0.29) is 11.8 Å². The van der Waals surface area contributed by atoms with Gasteiger partial charge in [-0.25, -0.2) is 17.9 Å². The number of rotatable bonds is 4. The van der Waals surface area contributed by atoms with Crippen LogP contribution in [0.5, 0.6) is 0 Å². The molecule has 1 aliphatic rings. The number of hydrogen-bond donors (Lipinski definition) is 1. The van der Waals surface area contributed by atoms with Crippen LogP contribution in [0.2, 0.25) is 0 Å². The average molecular weight is 365 g/mol. The Morgan fingerprint density at radius 2 is 2.00 bits per heavy atom. The number of benzene rings is 1. The number of hydrogen-bond acceptors (Lipinski definition) is 5. The monoisotopic (exact) mass is 365 g/mol. The van der Waals surface area contributed by atoms with E-state index in [1.165, 1.54) is 4.90 Å². The molecule has 1 fully saturated rings. The molecule has 0 bridgehead atoms. The summed E-state index contributed by atoms with van der Waals surface area (Å²) >= 11 is 0. The van der Waals surface area contributed by atoms with E-state index in [0.29, 0.717) is 30.6 Å². The Morgan fingerprint density at radius 3 is 2.56 bits per heavy atom. The second kappa shape index (κ2) is 7.42. The van der Waals surface area contributed by atoms with Gasteiger partial charge in [0.15, 0.2) is 0 Å². The maximum Gasteiger partial charge on any atom is 0.410 e. The molecule has 2 rings (SSSR count). The van der Waals surface area contributed by atoms with Crippen molar-refractivity contribution < 1.29 is 17.9 Å². The Labute approximate surface area is 148 Å². The predicted molar refractivity (Wildman–Crippen MR) is 93.1 cm³/mol. The first-order chi connectivity index (χ1) is 11.6. The number of amides is 1. The molecule has 8 heteroatoms. The van der Waals surface area contributed by atoms with Gasteiger partial charge in [0, 0.05) is 19.1 Å². The second-order valence-corrected chi connectivity index (χ2v) is 8.85. The van der Waals surface area contributed by atoms with Gasteiger partial charge in [-0.05, 0) is 44.9 Å². The highest BCUT2D eigenvalue weighted by atomic mass is 32.2. The third kappa shape index (κ3) is 6.03. The van der Waals surface area contributed by atoms with E-state index in [9.17, 15) is 13.2 Å². The Kier molecular flexibility index (Phi) is 5.70. The Balaban J connectivity index is 1.91. The standard InChI is InChI=1S/C17H23N3O4S/c1-17(2,3)24-16(21)20-9-8-15(11-20)19-25(22,23)12-14-6-4-13(10-18)5-7-14/h4-7,15,19H,8-9,11-12H2,1-3H3/t15-/m1/s1. The molecule has 0 unspecified atom stereocenters. The SMILES string of the molecule is CC(C)(C)OC(=O)N1CC[C@@H](NS(=O)(=O)Cc2ccc(C#N)cc2)C1. The molecular formula is C17H23N3O4S. The van der Waals surface area contributed by atoms with Gasteiger partial charge in [-0.3, -0.25) is 0 Å². The number of likely N-dealkylation sites (tertiary alicyclic amines) is 1. The molecule has 0 spiro atoms. The number of sulfonamides is 1. The normalized spacial score (nSPS) is 18.0. The van der Waals surface area contributed by atoms with Crippen molar-refractivity contribution in [3.8, 4) is 6.07 Å². The van der Waals surface area contributed by atoms with Crippen molar-refractivity contribution in [1.82, 2.24) is 9.62 Å². The van der Waals surface area contributed by atoms with Gasteiger partial charge in [0.05, 0.1) is 17.4 Å². The summed E-state index contributed by atoms with van der Waals surface area (Å²) in [5.41, 5.74) is 0.510. The van der Waals surface area contributed by atoms with Crippen molar-refractivity contribution in [2.75, 3.05) is 13.1 Å². The number of carbonyl (C=O) groups is 1. The first-order valence-electron chi connectivity index (χ1n) is 8.05. The second-order valence-electron chi connectivity index (χ2n) is 7.10. The molecule has 1 amide bonds. The topological polar surface area (TPSA) is 99.5 Å². The zero-order chi connectivity index (χ0) is 18.7. The first kappa shape index (κ1) is 19.2. The number of nitrogens with zero attached hydrogens (tertiary/aromatic N) is 2. The highest BCUT2D eigenvalue weighted by Crippen LogP contribution is 2.16. The Hall–Kier alpha value is -2.11. The molecule has 1 aliphatic heterocycles. The lowest BCUT2D eigenvalue weighted by Crippen LogP contribution is -2.40. The van der Waals surface area contributed by atoms with E-state index in [4.69, 9.17) is 10.00 Å². The summed E-state index contributed by atoms with van der Waals surface area (Å²) in [6.07, 6.45) is 0.118. The van der Waals surface area contributed by atoms with Gasteiger partial charge in [-0.15, -0.1) is 0 Å². The molecular weight excluding hydrogens is 342 g/mol. The Bertz CT molecular complexity index is 761. The molecule has 0 aliphatic carbocycles. The molecule has 1 heterocycles. The Morgan fingerprint density at radius 1 is 1.36 bits per heavy atom. The van der Waals surface area contributed by atoms with Gasteiger partial charge in [0.25, 0.3) is 0 Å². The third-order valence-corrected chi connectivity index (χ3v) is 5.03. The number of carbonyl (C=O) groups excluding carboxylic acids is 1. The fraction of sp³-hybridized carbons (Fsp3) is 0.529. The van der Waals surface area contributed by atoms with E-state index >= 15 is 0 Å². The minimum atomic E-state index is -3.53. The summed E-state index contributed by atoms with van der Waals surface area (Å²) in [5, 5.41) is 8.77. The van der Waals surface area contributed by atoms with E-state index in [1.807, 2.05) is 6.07 Å². The van der Waals surface area contributed by atoms with Crippen LogP contribution in [-0.2, 0) is 20.5 Å². The fourth-order valence-electron chi connectivity index (χ4n) is 2.54. The molecule has 25 heavy (non-hydrogen) atoms. The van der Waals surface area contributed by atoms with Crippen molar-refractivity contribution in [2.45, 2.75) is 44.6 Å². The van der Waals surface area contributed by atoms with Crippen molar-refractivity contribution in [3.05, 3.63) is 35.4 Å². The van der Waals surface area contributed by atoms with Crippen molar-refractivity contribution >= 4 is 16.1 Å². The molecule has 1 aromatic rings. The molecule has 136 valence electrons. The zero-order valence-corrected chi connectivity index (χ0v) is 15.5. The van der Waals surface area contributed by atoms with Crippen LogP contribution in [0.25, 0.3) is 0 Å². The van der Waals surface area contributed by atoms with Crippen molar-refractivity contribution in [1.29, 1.82) is 5.26 Å².